The molecule has 27 heavy (non-hydrogen) atoms. The number of carbonyl (C=O) groups excluding carboxylic acids is 1. The van der Waals surface area contributed by atoms with Crippen LogP contribution in [0.1, 0.15) is 36.8 Å². The molecule has 1 aromatic carbocycles. The number of hydrogen-bond donors (Lipinski definition) is 2. The number of carbonyl (C=O) groups is 1. The van der Waals surface area contributed by atoms with Crippen molar-refractivity contribution in [1.82, 2.24) is 15.5 Å². The van der Waals surface area contributed by atoms with Crippen LogP contribution >= 0.6 is 24.0 Å². The molecule has 0 saturated heterocycles. The van der Waals surface area contributed by atoms with Gasteiger partial charge in [-0.25, -0.2) is 0 Å². The second-order valence-corrected chi connectivity index (χ2v) is 7.17. The number of hydrogen-bond acceptors (Lipinski definition) is 3. The van der Waals surface area contributed by atoms with Gasteiger partial charge in [-0.05, 0) is 24.0 Å². The van der Waals surface area contributed by atoms with Crippen LogP contribution in [0, 0.1) is 5.41 Å². The molecule has 6 nitrogen and oxygen atoms in total. The molecule has 0 aromatic heterocycles. The summed E-state index contributed by atoms with van der Waals surface area (Å²) in [5.41, 5.74) is 2.03. The fourth-order valence-corrected chi connectivity index (χ4v) is 3.67. The van der Waals surface area contributed by atoms with Crippen LogP contribution in [0.4, 0.5) is 0 Å². The van der Waals surface area contributed by atoms with Crippen LogP contribution in [0.2, 0.25) is 0 Å². The zero-order valence-electron chi connectivity index (χ0n) is 16.9. The molecule has 0 radical (unpaired) electrons. The van der Waals surface area contributed by atoms with Crippen molar-refractivity contribution in [1.29, 1.82) is 0 Å². The van der Waals surface area contributed by atoms with Gasteiger partial charge in [0, 0.05) is 41.3 Å². The van der Waals surface area contributed by atoms with Crippen molar-refractivity contribution in [3.05, 3.63) is 35.4 Å². The number of ether oxygens (including phenoxy) is 1. The Morgan fingerprint density at radius 2 is 1.81 bits per heavy atom. The first-order chi connectivity index (χ1) is 12.5. The highest BCUT2D eigenvalue weighted by Crippen LogP contribution is 2.38. The molecule has 1 fully saturated rings. The Kier molecular flexibility index (Phi) is 10.1. The molecule has 0 spiro atoms. The summed E-state index contributed by atoms with van der Waals surface area (Å²) in [6, 6.07) is 8.19. The molecule has 152 valence electrons. The van der Waals surface area contributed by atoms with E-state index < -0.39 is 0 Å². The Bertz CT molecular complexity index is 628. The van der Waals surface area contributed by atoms with Crippen molar-refractivity contribution in [3.8, 4) is 0 Å². The smallest absolute Gasteiger partial charge is 0.230 e. The molecule has 2 rings (SSSR count). The molecule has 1 saturated carbocycles. The molecule has 0 unspecified atom stereocenters. The van der Waals surface area contributed by atoms with Crippen LogP contribution in [0.5, 0.6) is 0 Å². The second-order valence-electron chi connectivity index (χ2n) is 7.17. The Hall–Kier alpha value is -1.35. The van der Waals surface area contributed by atoms with Gasteiger partial charge in [0.25, 0.3) is 0 Å². The average molecular weight is 488 g/mol. The quantitative estimate of drug-likeness (QED) is 0.352. The maximum Gasteiger partial charge on any atom is 0.230 e. The molecule has 0 atom stereocenters. The van der Waals surface area contributed by atoms with Crippen molar-refractivity contribution in [2.24, 2.45) is 10.4 Å². The molecule has 0 heterocycles. The largest absolute Gasteiger partial charge is 0.380 e. The van der Waals surface area contributed by atoms with E-state index >= 15 is 0 Å². The number of benzene rings is 1. The summed E-state index contributed by atoms with van der Waals surface area (Å²) >= 11 is 0. The second kappa shape index (κ2) is 11.5. The summed E-state index contributed by atoms with van der Waals surface area (Å²) in [4.78, 5) is 18.7. The summed E-state index contributed by atoms with van der Waals surface area (Å²) in [5.74, 6) is 0.929. The minimum Gasteiger partial charge on any atom is -0.380 e. The van der Waals surface area contributed by atoms with E-state index in [2.05, 4.69) is 27.8 Å². The summed E-state index contributed by atoms with van der Waals surface area (Å²) in [6.45, 7) is 1.86. The maximum absolute atomic E-state index is 12.7. The van der Waals surface area contributed by atoms with Crippen LogP contribution in [-0.4, -0.2) is 51.6 Å². The molecule has 2 N–H and O–H groups in total. The van der Waals surface area contributed by atoms with Crippen molar-refractivity contribution < 1.29 is 9.53 Å². The van der Waals surface area contributed by atoms with Crippen LogP contribution in [-0.2, 0) is 22.7 Å². The predicted octanol–water partition coefficient (Wildman–Crippen LogP) is 2.76. The SMILES string of the molecule is CN=C(NCc1ccccc1COC)NCC1(C(=O)N(C)C)CCCC1.I. The van der Waals surface area contributed by atoms with Crippen molar-refractivity contribution in [2.75, 3.05) is 34.8 Å². The number of methoxy groups -OCH3 is 1. The normalized spacial score (nSPS) is 15.8. The number of aliphatic imine (C=N–C) groups is 1. The average Bonchev–Trinajstić information content (AvgIpc) is 3.12. The van der Waals surface area contributed by atoms with E-state index in [0.29, 0.717) is 19.7 Å². The third-order valence-electron chi connectivity index (χ3n) is 5.10. The number of guanidine groups is 1. The molecule has 7 heteroatoms. The van der Waals surface area contributed by atoms with Gasteiger partial charge in [0.2, 0.25) is 5.91 Å². The highest BCUT2D eigenvalue weighted by molar-refractivity contribution is 14.0. The number of rotatable bonds is 7. The van der Waals surface area contributed by atoms with Crippen molar-refractivity contribution in [3.63, 3.8) is 0 Å². The third-order valence-corrected chi connectivity index (χ3v) is 5.10. The van der Waals surface area contributed by atoms with E-state index in [0.717, 1.165) is 37.2 Å². The fourth-order valence-electron chi connectivity index (χ4n) is 3.67. The van der Waals surface area contributed by atoms with Crippen LogP contribution in [0.25, 0.3) is 0 Å². The third kappa shape index (κ3) is 6.34. The predicted molar refractivity (Wildman–Crippen MR) is 120 cm³/mol. The van der Waals surface area contributed by atoms with Gasteiger partial charge in [-0.2, -0.15) is 0 Å². The summed E-state index contributed by atoms with van der Waals surface area (Å²) in [6.07, 6.45) is 4.09. The van der Waals surface area contributed by atoms with Crippen LogP contribution in [0.3, 0.4) is 0 Å². The minimum atomic E-state index is -0.310. The Balaban J connectivity index is 0.00000364. The molecular weight excluding hydrogens is 455 g/mol. The zero-order valence-corrected chi connectivity index (χ0v) is 19.2. The monoisotopic (exact) mass is 488 g/mol. The zero-order chi connectivity index (χ0) is 19.0. The lowest BCUT2D eigenvalue weighted by Gasteiger charge is -2.31. The van der Waals surface area contributed by atoms with E-state index in [9.17, 15) is 4.79 Å². The highest BCUT2D eigenvalue weighted by atomic mass is 127. The lowest BCUT2D eigenvalue weighted by atomic mass is 9.84. The van der Waals surface area contributed by atoms with Gasteiger partial charge in [0.15, 0.2) is 5.96 Å². The molecule has 0 bridgehead atoms. The van der Waals surface area contributed by atoms with Crippen LogP contribution < -0.4 is 10.6 Å². The van der Waals surface area contributed by atoms with E-state index in [1.165, 1.54) is 5.56 Å². The van der Waals surface area contributed by atoms with Gasteiger partial charge in [0.05, 0.1) is 12.0 Å². The van der Waals surface area contributed by atoms with Crippen molar-refractivity contribution >= 4 is 35.8 Å². The van der Waals surface area contributed by atoms with Gasteiger partial charge in [0.1, 0.15) is 0 Å². The van der Waals surface area contributed by atoms with E-state index in [1.807, 2.05) is 26.2 Å². The summed E-state index contributed by atoms with van der Waals surface area (Å²) in [7, 11) is 7.13. The standard InChI is InChI=1S/C20H32N4O2.HI/c1-21-19(22-13-16-9-5-6-10-17(16)14-26-4)23-15-20(11-7-8-12-20)18(25)24(2)3;/h5-6,9-10H,7-8,11-15H2,1-4H3,(H2,21,22,23);1H. The maximum atomic E-state index is 12.7. The first-order valence-electron chi connectivity index (χ1n) is 9.24. The molecule has 1 amide bonds. The molecule has 0 aliphatic heterocycles. The number of nitrogens with one attached hydrogen (secondary N) is 2. The molecular formula is C20H33IN4O2. The van der Waals surface area contributed by atoms with Crippen molar-refractivity contribution in [2.45, 2.75) is 38.8 Å². The number of halogens is 1. The molecule has 1 aromatic rings. The first-order valence-corrected chi connectivity index (χ1v) is 9.24. The minimum absolute atomic E-state index is 0. The Morgan fingerprint density at radius 1 is 1.19 bits per heavy atom. The van der Waals surface area contributed by atoms with Gasteiger partial charge < -0.3 is 20.3 Å². The molecule has 1 aliphatic rings. The Morgan fingerprint density at radius 3 is 2.37 bits per heavy atom. The van der Waals surface area contributed by atoms with Crippen LogP contribution in [0.15, 0.2) is 29.3 Å². The van der Waals surface area contributed by atoms with E-state index in [-0.39, 0.29) is 35.3 Å². The number of amides is 1. The summed E-state index contributed by atoms with van der Waals surface area (Å²) < 4.78 is 5.26. The first kappa shape index (κ1) is 23.7. The fraction of sp³-hybridized carbons (Fsp3) is 0.600. The highest BCUT2D eigenvalue weighted by Gasteiger charge is 2.42. The van der Waals surface area contributed by atoms with E-state index in [1.54, 1.807) is 19.1 Å². The Labute approximate surface area is 180 Å². The lowest BCUT2D eigenvalue weighted by Crippen LogP contribution is -2.49. The topological polar surface area (TPSA) is 66.0 Å². The van der Waals surface area contributed by atoms with Gasteiger partial charge in [-0.3, -0.25) is 9.79 Å². The van der Waals surface area contributed by atoms with Gasteiger partial charge >= 0.3 is 0 Å². The summed E-state index contributed by atoms with van der Waals surface area (Å²) in [5, 5.41) is 6.72. The van der Waals surface area contributed by atoms with Gasteiger partial charge in [-0.1, -0.05) is 37.1 Å². The lowest BCUT2D eigenvalue weighted by molar-refractivity contribution is -0.138. The van der Waals surface area contributed by atoms with E-state index in [4.69, 9.17) is 4.74 Å². The van der Waals surface area contributed by atoms with Gasteiger partial charge in [-0.15, -0.1) is 24.0 Å². The number of nitrogens with zero attached hydrogens (tertiary/aromatic N) is 2. The molecule has 1 aliphatic carbocycles.